The quantitative estimate of drug-likeness (QED) is 0.807. The van der Waals surface area contributed by atoms with E-state index >= 15 is 0 Å². The molecule has 0 aromatic rings. The van der Waals surface area contributed by atoms with Crippen LogP contribution in [0.2, 0.25) is 0 Å². The standard InChI is InChI=1S/C13H22N2O3/c1-2-10(12(16)17)14-13(18)15-8-4-6-9-5-3-7-11(9)15/h9-11H,2-8H2,1H3,(H,14,18)(H,16,17)/t9?,10-,11?/m1/s1. The summed E-state index contributed by atoms with van der Waals surface area (Å²) in [6, 6.07) is -0.620. The number of carboxylic acids is 1. The molecule has 1 saturated carbocycles. The molecule has 0 spiro atoms. The van der Waals surface area contributed by atoms with Crippen LogP contribution < -0.4 is 5.32 Å². The molecule has 3 atom stereocenters. The van der Waals surface area contributed by atoms with Crippen LogP contribution in [-0.4, -0.2) is 40.6 Å². The minimum Gasteiger partial charge on any atom is -0.480 e. The first-order valence-electron chi connectivity index (χ1n) is 6.93. The van der Waals surface area contributed by atoms with Gasteiger partial charge in [-0.25, -0.2) is 9.59 Å². The number of likely N-dealkylation sites (tertiary alicyclic amines) is 1. The number of rotatable bonds is 3. The van der Waals surface area contributed by atoms with E-state index in [1.807, 2.05) is 4.90 Å². The summed E-state index contributed by atoms with van der Waals surface area (Å²) in [5.41, 5.74) is 0. The third kappa shape index (κ3) is 2.60. The summed E-state index contributed by atoms with van der Waals surface area (Å²) in [5, 5.41) is 11.6. The van der Waals surface area contributed by atoms with Gasteiger partial charge in [-0.05, 0) is 38.0 Å². The number of carbonyl (C=O) groups is 2. The number of hydrogen-bond donors (Lipinski definition) is 2. The van der Waals surface area contributed by atoms with E-state index in [0.29, 0.717) is 18.4 Å². The van der Waals surface area contributed by atoms with Crippen molar-refractivity contribution in [1.82, 2.24) is 10.2 Å². The molecule has 0 aromatic carbocycles. The van der Waals surface area contributed by atoms with E-state index in [4.69, 9.17) is 5.11 Å². The van der Waals surface area contributed by atoms with Gasteiger partial charge in [0.05, 0.1) is 0 Å². The van der Waals surface area contributed by atoms with Gasteiger partial charge < -0.3 is 15.3 Å². The van der Waals surface area contributed by atoms with Crippen LogP contribution >= 0.6 is 0 Å². The van der Waals surface area contributed by atoms with Crippen LogP contribution in [0.3, 0.4) is 0 Å². The van der Waals surface area contributed by atoms with Crippen molar-refractivity contribution in [3.8, 4) is 0 Å². The summed E-state index contributed by atoms with van der Waals surface area (Å²) in [6.07, 6.45) is 6.15. The predicted molar refractivity (Wildman–Crippen MR) is 67.3 cm³/mol. The van der Waals surface area contributed by atoms with Crippen molar-refractivity contribution in [3.05, 3.63) is 0 Å². The first-order chi connectivity index (χ1) is 8.63. The summed E-state index contributed by atoms with van der Waals surface area (Å²) in [5.74, 6) is -0.319. The van der Waals surface area contributed by atoms with Crippen LogP contribution in [0.15, 0.2) is 0 Å². The van der Waals surface area contributed by atoms with Gasteiger partial charge in [0.2, 0.25) is 0 Å². The average molecular weight is 254 g/mol. The number of carbonyl (C=O) groups excluding carboxylic acids is 1. The molecule has 1 aliphatic heterocycles. The van der Waals surface area contributed by atoms with Crippen LogP contribution in [0.5, 0.6) is 0 Å². The number of aliphatic carboxylic acids is 1. The topological polar surface area (TPSA) is 69.6 Å². The van der Waals surface area contributed by atoms with E-state index in [-0.39, 0.29) is 6.03 Å². The number of nitrogens with zero attached hydrogens (tertiary/aromatic N) is 1. The summed E-state index contributed by atoms with van der Waals surface area (Å²) in [7, 11) is 0. The van der Waals surface area contributed by atoms with E-state index < -0.39 is 12.0 Å². The van der Waals surface area contributed by atoms with Crippen LogP contribution in [0, 0.1) is 5.92 Å². The Morgan fingerprint density at radius 3 is 2.72 bits per heavy atom. The smallest absolute Gasteiger partial charge is 0.326 e. The molecule has 2 N–H and O–H groups in total. The summed E-state index contributed by atoms with van der Waals surface area (Å²) in [6.45, 7) is 2.54. The van der Waals surface area contributed by atoms with Crippen molar-refractivity contribution < 1.29 is 14.7 Å². The lowest BCUT2D eigenvalue weighted by Crippen LogP contribution is -2.54. The molecule has 2 unspecified atom stereocenters. The molecule has 5 heteroatoms. The molecule has 2 fully saturated rings. The largest absolute Gasteiger partial charge is 0.480 e. The van der Waals surface area contributed by atoms with Crippen molar-refractivity contribution >= 4 is 12.0 Å². The van der Waals surface area contributed by atoms with Crippen LogP contribution in [0.1, 0.15) is 45.4 Å². The van der Waals surface area contributed by atoms with Gasteiger partial charge in [0.1, 0.15) is 6.04 Å². The van der Waals surface area contributed by atoms with E-state index in [0.717, 1.165) is 19.4 Å². The minimum absolute atomic E-state index is 0.194. The van der Waals surface area contributed by atoms with Gasteiger partial charge in [-0.3, -0.25) is 0 Å². The van der Waals surface area contributed by atoms with Gasteiger partial charge in [0, 0.05) is 12.6 Å². The van der Waals surface area contributed by atoms with Crippen molar-refractivity contribution in [3.63, 3.8) is 0 Å². The lowest BCUT2D eigenvalue weighted by atomic mass is 9.92. The maximum atomic E-state index is 12.2. The van der Waals surface area contributed by atoms with E-state index in [1.54, 1.807) is 6.92 Å². The first kappa shape index (κ1) is 13.2. The molecule has 2 amide bonds. The van der Waals surface area contributed by atoms with E-state index in [1.165, 1.54) is 19.3 Å². The highest BCUT2D eigenvalue weighted by Crippen LogP contribution is 2.36. The van der Waals surface area contributed by atoms with E-state index in [9.17, 15) is 9.59 Å². The Hall–Kier alpha value is -1.26. The van der Waals surface area contributed by atoms with Crippen molar-refractivity contribution in [1.29, 1.82) is 0 Å². The second kappa shape index (κ2) is 5.59. The molecule has 0 aromatic heterocycles. The summed E-state index contributed by atoms with van der Waals surface area (Å²) in [4.78, 5) is 25.0. The minimum atomic E-state index is -0.953. The monoisotopic (exact) mass is 254 g/mol. The third-order valence-corrected chi connectivity index (χ3v) is 4.26. The Kier molecular flexibility index (Phi) is 4.09. The predicted octanol–water partition coefficient (Wildman–Crippen LogP) is 1.82. The van der Waals surface area contributed by atoms with Gasteiger partial charge in [0.25, 0.3) is 0 Å². The van der Waals surface area contributed by atoms with Gasteiger partial charge in [-0.15, -0.1) is 0 Å². The molecule has 0 radical (unpaired) electrons. The summed E-state index contributed by atoms with van der Waals surface area (Å²) >= 11 is 0. The number of carboxylic acid groups (broad SMARTS) is 1. The lowest BCUT2D eigenvalue weighted by molar-refractivity contribution is -0.139. The van der Waals surface area contributed by atoms with Crippen molar-refractivity contribution in [2.75, 3.05) is 6.54 Å². The Bertz CT molecular complexity index is 332. The number of nitrogens with one attached hydrogen (secondary N) is 1. The molecule has 1 heterocycles. The lowest BCUT2D eigenvalue weighted by Gasteiger charge is -2.38. The van der Waals surface area contributed by atoms with Crippen LogP contribution in [0.25, 0.3) is 0 Å². The SMILES string of the molecule is CC[C@@H](NC(=O)N1CCCC2CCCC21)C(=O)O. The fourth-order valence-corrected chi connectivity index (χ4v) is 3.28. The zero-order valence-corrected chi connectivity index (χ0v) is 10.9. The number of hydrogen-bond acceptors (Lipinski definition) is 2. The molecule has 2 aliphatic rings. The normalized spacial score (nSPS) is 28.6. The highest BCUT2D eigenvalue weighted by molar-refractivity contribution is 5.82. The molecule has 102 valence electrons. The van der Waals surface area contributed by atoms with Gasteiger partial charge >= 0.3 is 12.0 Å². The Morgan fingerprint density at radius 2 is 2.06 bits per heavy atom. The molecule has 1 saturated heterocycles. The molecule has 0 bridgehead atoms. The van der Waals surface area contributed by atoms with Crippen LogP contribution in [-0.2, 0) is 4.79 Å². The second-order valence-electron chi connectivity index (χ2n) is 5.34. The third-order valence-electron chi connectivity index (χ3n) is 4.26. The van der Waals surface area contributed by atoms with Gasteiger partial charge in [-0.1, -0.05) is 13.3 Å². The number of piperidine rings is 1. The average Bonchev–Trinajstić information content (AvgIpc) is 2.82. The fourth-order valence-electron chi connectivity index (χ4n) is 3.28. The molecule has 2 rings (SSSR count). The van der Waals surface area contributed by atoms with Gasteiger partial charge in [0.15, 0.2) is 0 Å². The number of fused-ring (bicyclic) bond motifs is 1. The molecular formula is C13H22N2O3. The van der Waals surface area contributed by atoms with Gasteiger partial charge in [-0.2, -0.15) is 0 Å². The Morgan fingerprint density at radius 1 is 1.33 bits per heavy atom. The van der Waals surface area contributed by atoms with E-state index in [2.05, 4.69) is 5.32 Å². The number of amides is 2. The molecular weight excluding hydrogens is 232 g/mol. The van der Waals surface area contributed by atoms with Crippen molar-refractivity contribution in [2.24, 2.45) is 5.92 Å². The fraction of sp³-hybridized carbons (Fsp3) is 0.846. The molecule has 1 aliphatic carbocycles. The van der Waals surface area contributed by atoms with Crippen LogP contribution in [0.4, 0.5) is 4.79 Å². The van der Waals surface area contributed by atoms with Crippen molar-refractivity contribution in [2.45, 2.75) is 57.5 Å². The highest BCUT2D eigenvalue weighted by atomic mass is 16.4. The first-order valence-corrected chi connectivity index (χ1v) is 6.93. The zero-order valence-electron chi connectivity index (χ0n) is 10.9. The maximum Gasteiger partial charge on any atom is 0.326 e. The highest BCUT2D eigenvalue weighted by Gasteiger charge is 2.38. The zero-order chi connectivity index (χ0) is 13.1. The molecule has 5 nitrogen and oxygen atoms in total. The maximum absolute atomic E-state index is 12.2. The summed E-state index contributed by atoms with van der Waals surface area (Å²) < 4.78 is 0. The Labute approximate surface area is 108 Å². The number of urea groups is 1. The second-order valence-corrected chi connectivity index (χ2v) is 5.34. The Balaban J connectivity index is 1.97. The molecule has 18 heavy (non-hydrogen) atoms.